The molecule has 164 valence electrons. The molecule has 0 radical (unpaired) electrons. The van der Waals surface area contributed by atoms with Crippen LogP contribution in [-0.4, -0.2) is 42.1 Å². The third-order valence-electron chi connectivity index (χ3n) is 4.96. The van der Waals surface area contributed by atoms with E-state index in [0.717, 1.165) is 17.9 Å². The lowest BCUT2D eigenvalue weighted by Gasteiger charge is -2.22. The number of ether oxygens (including phenoxy) is 1. The fraction of sp³-hybridized carbons (Fsp3) is 0.261. The first-order valence-corrected chi connectivity index (χ1v) is 10.3. The molecule has 1 saturated carbocycles. The Hall–Kier alpha value is -4.01. The second-order valence-corrected chi connectivity index (χ2v) is 7.51. The van der Waals surface area contributed by atoms with Crippen molar-refractivity contribution in [2.24, 2.45) is 5.10 Å². The number of para-hydroxylation sites is 2. The zero-order chi connectivity index (χ0) is 22.5. The Balaban J connectivity index is 1.36. The van der Waals surface area contributed by atoms with E-state index < -0.39 is 18.5 Å². The molecule has 1 aliphatic carbocycles. The molecule has 2 aliphatic rings. The van der Waals surface area contributed by atoms with Crippen LogP contribution in [0.2, 0.25) is 0 Å². The van der Waals surface area contributed by atoms with Crippen molar-refractivity contribution in [1.82, 2.24) is 5.32 Å². The molecule has 0 aromatic heterocycles. The normalized spacial score (nSPS) is 15.6. The van der Waals surface area contributed by atoms with Gasteiger partial charge >= 0.3 is 5.97 Å². The number of hydrogen-bond acceptors (Lipinski definition) is 6. The Morgan fingerprint density at radius 1 is 1.00 bits per heavy atom. The number of nitrogens with one attached hydrogen (secondary N) is 2. The van der Waals surface area contributed by atoms with Crippen molar-refractivity contribution in [3.05, 3.63) is 60.2 Å². The SMILES string of the molecule is O=C(COC(=O)C1=NN(c2ccccc2)C(=O)CC1)Nc1ccccc1C(=O)NC1CC1. The molecular formula is C23H22N4O5. The highest BCUT2D eigenvalue weighted by Crippen LogP contribution is 2.22. The summed E-state index contributed by atoms with van der Waals surface area (Å²) in [6.07, 6.45) is 2.14. The maximum Gasteiger partial charge on any atom is 0.355 e. The van der Waals surface area contributed by atoms with Crippen LogP contribution in [0.5, 0.6) is 0 Å². The Morgan fingerprint density at radius 2 is 1.72 bits per heavy atom. The van der Waals surface area contributed by atoms with E-state index in [1.54, 1.807) is 48.5 Å². The monoisotopic (exact) mass is 434 g/mol. The van der Waals surface area contributed by atoms with Crippen LogP contribution < -0.4 is 15.6 Å². The number of esters is 1. The van der Waals surface area contributed by atoms with E-state index >= 15 is 0 Å². The molecule has 3 amide bonds. The summed E-state index contributed by atoms with van der Waals surface area (Å²) >= 11 is 0. The average molecular weight is 434 g/mol. The molecule has 2 aromatic carbocycles. The minimum absolute atomic E-state index is 0.0606. The summed E-state index contributed by atoms with van der Waals surface area (Å²) in [6, 6.07) is 15.6. The number of anilines is 2. The van der Waals surface area contributed by atoms with Gasteiger partial charge in [0, 0.05) is 18.9 Å². The predicted octanol–water partition coefficient (Wildman–Crippen LogP) is 2.24. The van der Waals surface area contributed by atoms with Gasteiger partial charge in [-0.2, -0.15) is 5.10 Å². The minimum atomic E-state index is -0.770. The highest BCUT2D eigenvalue weighted by atomic mass is 16.5. The molecule has 9 nitrogen and oxygen atoms in total. The van der Waals surface area contributed by atoms with E-state index in [9.17, 15) is 19.2 Å². The van der Waals surface area contributed by atoms with Gasteiger partial charge in [-0.05, 0) is 37.1 Å². The summed E-state index contributed by atoms with van der Waals surface area (Å²) in [5, 5.41) is 10.7. The van der Waals surface area contributed by atoms with Crippen LogP contribution in [-0.2, 0) is 19.1 Å². The molecule has 0 spiro atoms. The molecule has 0 saturated heterocycles. The van der Waals surface area contributed by atoms with Crippen LogP contribution in [0.4, 0.5) is 11.4 Å². The Morgan fingerprint density at radius 3 is 2.47 bits per heavy atom. The van der Waals surface area contributed by atoms with Crippen LogP contribution in [0.15, 0.2) is 59.7 Å². The van der Waals surface area contributed by atoms with Crippen molar-refractivity contribution in [1.29, 1.82) is 0 Å². The van der Waals surface area contributed by atoms with E-state index in [1.165, 1.54) is 0 Å². The molecule has 0 atom stereocenters. The lowest BCUT2D eigenvalue weighted by Crippen LogP contribution is -2.35. The topological polar surface area (TPSA) is 117 Å². The first-order chi connectivity index (χ1) is 15.5. The molecule has 4 rings (SSSR count). The Labute approximate surface area is 184 Å². The largest absolute Gasteiger partial charge is 0.451 e. The highest BCUT2D eigenvalue weighted by molar-refractivity contribution is 6.38. The second-order valence-electron chi connectivity index (χ2n) is 7.51. The summed E-state index contributed by atoms with van der Waals surface area (Å²) in [7, 11) is 0. The van der Waals surface area contributed by atoms with Crippen LogP contribution in [0.3, 0.4) is 0 Å². The van der Waals surface area contributed by atoms with E-state index in [2.05, 4.69) is 15.7 Å². The zero-order valence-electron chi connectivity index (χ0n) is 17.2. The van der Waals surface area contributed by atoms with Crippen molar-refractivity contribution in [2.75, 3.05) is 16.9 Å². The van der Waals surface area contributed by atoms with Crippen molar-refractivity contribution >= 4 is 40.8 Å². The number of hydrogen-bond donors (Lipinski definition) is 2. The van der Waals surface area contributed by atoms with Crippen molar-refractivity contribution in [3.63, 3.8) is 0 Å². The van der Waals surface area contributed by atoms with Gasteiger partial charge in [-0.1, -0.05) is 30.3 Å². The van der Waals surface area contributed by atoms with Crippen LogP contribution in [0, 0.1) is 0 Å². The summed E-state index contributed by atoms with van der Waals surface area (Å²) in [6.45, 7) is -0.546. The predicted molar refractivity (Wildman–Crippen MR) is 117 cm³/mol. The molecule has 0 bridgehead atoms. The lowest BCUT2D eigenvalue weighted by molar-refractivity contribution is -0.140. The number of carbonyl (C=O) groups is 4. The van der Waals surface area contributed by atoms with Crippen molar-refractivity contribution < 1.29 is 23.9 Å². The van der Waals surface area contributed by atoms with E-state index in [1.807, 2.05) is 6.07 Å². The number of rotatable bonds is 7. The summed E-state index contributed by atoms with van der Waals surface area (Å²) in [5.41, 5.74) is 1.28. The average Bonchev–Trinajstić information content (AvgIpc) is 3.62. The van der Waals surface area contributed by atoms with E-state index in [-0.39, 0.29) is 36.4 Å². The molecule has 2 aromatic rings. The van der Waals surface area contributed by atoms with Crippen molar-refractivity contribution in [2.45, 2.75) is 31.7 Å². The fourth-order valence-corrected chi connectivity index (χ4v) is 3.15. The fourth-order valence-electron chi connectivity index (χ4n) is 3.15. The van der Waals surface area contributed by atoms with Crippen LogP contribution >= 0.6 is 0 Å². The summed E-state index contributed by atoms with van der Waals surface area (Å²) in [5.74, 6) is -1.85. The van der Waals surface area contributed by atoms with Gasteiger partial charge in [-0.3, -0.25) is 14.4 Å². The quantitative estimate of drug-likeness (QED) is 0.648. The molecule has 9 heteroatoms. The third kappa shape index (κ3) is 5.18. The van der Waals surface area contributed by atoms with Crippen LogP contribution in [0.1, 0.15) is 36.0 Å². The first-order valence-electron chi connectivity index (χ1n) is 10.3. The lowest BCUT2D eigenvalue weighted by atomic mass is 10.1. The van der Waals surface area contributed by atoms with Gasteiger partial charge in [-0.15, -0.1) is 0 Å². The zero-order valence-corrected chi connectivity index (χ0v) is 17.2. The van der Waals surface area contributed by atoms with Crippen LogP contribution in [0.25, 0.3) is 0 Å². The molecule has 0 unspecified atom stereocenters. The van der Waals surface area contributed by atoms with Gasteiger partial charge in [0.2, 0.25) is 5.91 Å². The smallest absolute Gasteiger partial charge is 0.355 e. The summed E-state index contributed by atoms with van der Waals surface area (Å²) in [4.78, 5) is 49.2. The van der Waals surface area contributed by atoms with E-state index in [4.69, 9.17) is 4.74 Å². The molecular weight excluding hydrogens is 412 g/mol. The van der Waals surface area contributed by atoms with Crippen molar-refractivity contribution in [3.8, 4) is 0 Å². The van der Waals surface area contributed by atoms with E-state index in [0.29, 0.717) is 16.9 Å². The standard InChI is InChI=1S/C23H22N4O5/c28-20(25-18-9-5-4-8-17(18)22(30)24-15-10-11-15)14-32-23(31)19-12-13-21(29)27(26-19)16-6-2-1-3-7-16/h1-9,15H,10-14H2,(H,24,30)(H,25,28). The second kappa shape index (κ2) is 9.42. The van der Waals surface area contributed by atoms with Gasteiger partial charge in [0.25, 0.3) is 11.8 Å². The molecule has 2 N–H and O–H groups in total. The number of amides is 3. The number of hydrazone groups is 1. The van der Waals surface area contributed by atoms with Gasteiger partial charge in [-0.25, -0.2) is 9.80 Å². The third-order valence-corrected chi connectivity index (χ3v) is 4.96. The van der Waals surface area contributed by atoms with Gasteiger partial charge in [0.05, 0.1) is 16.9 Å². The van der Waals surface area contributed by atoms with Gasteiger partial charge < -0.3 is 15.4 Å². The maximum absolute atomic E-state index is 12.4. The summed E-state index contributed by atoms with van der Waals surface area (Å²) < 4.78 is 5.09. The Bertz CT molecular complexity index is 1080. The molecule has 1 heterocycles. The first kappa shape index (κ1) is 21.2. The van der Waals surface area contributed by atoms with Gasteiger partial charge in [0.1, 0.15) is 5.71 Å². The molecule has 1 fully saturated rings. The number of benzene rings is 2. The minimum Gasteiger partial charge on any atom is -0.451 e. The highest BCUT2D eigenvalue weighted by Gasteiger charge is 2.27. The number of carbonyl (C=O) groups excluding carboxylic acids is 4. The maximum atomic E-state index is 12.4. The van der Waals surface area contributed by atoms with Gasteiger partial charge in [0.15, 0.2) is 6.61 Å². The number of nitrogens with zero attached hydrogens (tertiary/aromatic N) is 2. The Kier molecular flexibility index (Phi) is 6.25. The molecule has 1 aliphatic heterocycles. The molecule has 32 heavy (non-hydrogen) atoms.